The summed E-state index contributed by atoms with van der Waals surface area (Å²) in [5, 5.41) is 0. The summed E-state index contributed by atoms with van der Waals surface area (Å²) in [7, 11) is 0. The Morgan fingerprint density at radius 1 is 1.26 bits per heavy atom. The first-order chi connectivity index (χ1) is 15.1. The van der Waals surface area contributed by atoms with E-state index in [1.54, 1.807) is 29.8 Å². The van der Waals surface area contributed by atoms with Crippen LogP contribution in [0.2, 0.25) is 0 Å². The lowest BCUT2D eigenvalue weighted by Gasteiger charge is -2.44. The van der Waals surface area contributed by atoms with Gasteiger partial charge in [0.05, 0.1) is 28.3 Å². The van der Waals surface area contributed by atoms with Gasteiger partial charge in [-0.1, -0.05) is 13.0 Å². The number of ether oxygens (including phenoxy) is 1. The summed E-state index contributed by atoms with van der Waals surface area (Å²) in [6.07, 6.45) is 6.50. The highest BCUT2D eigenvalue weighted by molar-refractivity contribution is 7.15. The number of aryl methyl sites for hydroxylation is 1. The lowest BCUT2D eigenvalue weighted by molar-refractivity contribution is -0.0926. The zero-order valence-corrected chi connectivity index (χ0v) is 18.3. The fraction of sp³-hybridized carbons (Fsp3) is 0.391. The number of hydrogen-bond acceptors (Lipinski definition) is 7. The first-order valence-electron chi connectivity index (χ1n) is 10.7. The molecule has 0 aliphatic carbocycles. The number of nitrogens with zero attached hydrogens (tertiary/aromatic N) is 4. The quantitative estimate of drug-likeness (QED) is 0.677. The minimum atomic E-state index is -0.331. The van der Waals surface area contributed by atoms with Gasteiger partial charge in [-0.05, 0) is 36.6 Å². The lowest BCUT2D eigenvalue weighted by Crippen LogP contribution is -2.48. The van der Waals surface area contributed by atoms with Crippen molar-refractivity contribution >= 4 is 23.1 Å². The molecule has 0 saturated carbocycles. The number of hydrogen-bond donors (Lipinski definition) is 1. The third kappa shape index (κ3) is 3.70. The van der Waals surface area contributed by atoms with Gasteiger partial charge in [-0.3, -0.25) is 4.79 Å². The van der Waals surface area contributed by atoms with E-state index in [2.05, 4.69) is 21.0 Å². The molecule has 5 heterocycles. The molecule has 31 heavy (non-hydrogen) atoms. The zero-order valence-electron chi connectivity index (χ0n) is 17.5. The fourth-order valence-corrected chi connectivity index (χ4v) is 5.65. The summed E-state index contributed by atoms with van der Waals surface area (Å²) in [6.45, 7) is 4.00. The van der Waals surface area contributed by atoms with Crippen molar-refractivity contribution in [1.82, 2.24) is 19.9 Å². The number of carbonyl (C=O) groups excluding carboxylic acids is 1. The number of anilines is 1. The molecule has 1 fully saturated rings. The maximum atomic E-state index is 12.9. The van der Waals surface area contributed by atoms with E-state index >= 15 is 0 Å². The number of aromatic nitrogens is 3. The second kappa shape index (κ2) is 8.01. The molecule has 0 bridgehead atoms. The van der Waals surface area contributed by atoms with Crippen LogP contribution in [0.25, 0.3) is 10.6 Å². The third-order valence-corrected chi connectivity index (χ3v) is 7.37. The summed E-state index contributed by atoms with van der Waals surface area (Å²) in [4.78, 5) is 30.3. The SMILES string of the molecule is CCc1ncc(C(=O)N2CCC3(CC2)OCCc2sc(-c4cccc(N)n4)cc23)cn1. The molecule has 5 rings (SSSR count). The third-order valence-electron chi connectivity index (χ3n) is 6.16. The van der Waals surface area contributed by atoms with Crippen molar-refractivity contribution in [3.63, 3.8) is 0 Å². The molecule has 3 aromatic heterocycles. The van der Waals surface area contributed by atoms with Gasteiger partial charge in [-0.15, -0.1) is 11.3 Å². The van der Waals surface area contributed by atoms with Crippen LogP contribution in [0.1, 0.15) is 46.4 Å². The molecule has 0 atom stereocenters. The standard InChI is InChI=1S/C23H25N5O2S/c1-2-21-25-13-15(14-26-21)22(29)28-9-7-23(8-10-28)16-12-19(31-18(16)6-11-30-23)17-4-3-5-20(24)27-17/h3-5,12-14H,2,6-11H2,1H3,(H2,24,27). The molecule has 7 nitrogen and oxygen atoms in total. The van der Waals surface area contributed by atoms with E-state index in [9.17, 15) is 4.79 Å². The van der Waals surface area contributed by atoms with Crippen molar-refractivity contribution in [1.29, 1.82) is 0 Å². The van der Waals surface area contributed by atoms with Crippen molar-refractivity contribution in [2.45, 2.75) is 38.2 Å². The van der Waals surface area contributed by atoms with E-state index in [4.69, 9.17) is 10.5 Å². The van der Waals surface area contributed by atoms with Crippen LogP contribution in [0.15, 0.2) is 36.7 Å². The summed E-state index contributed by atoms with van der Waals surface area (Å²) in [6, 6.07) is 7.95. The Balaban J connectivity index is 1.35. The average molecular weight is 436 g/mol. The number of piperidine rings is 1. The lowest BCUT2D eigenvalue weighted by atomic mass is 9.82. The van der Waals surface area contributed by atoms with Crippen molar-refractivity contribution in [2.24, 2.45) is 0 Å². The number of rotatable bonds is 3. The van der Waals surface area contributed by atoms with E-state index in [1.807, 2.05) is 24.0 Å². The van der Waals surface area contributed by atoms with Gasteiger partial charge in [-0.25, -0.2) is 15.0 Å². The van der Waals surface area contributed by atoms with Gasteiger partial charge >= 0.3 is 0 Å². The smallest absolute Gasteiger partial charge is 0.256 e. The molecule has 3 aromatic rings. The van der Waals surface area contributed by atoms with Crippen LogP contribution in [-0.4, -0.2) is 45.5 Å². The Labute approximate surface area is 185 Å². The number of amides is 1. The average Bonchev–Trinajstić information content (AvgIpc) is 3.26. The molecule has 2 aliphatic heterocycles. The van der Waals surface area contributed by atoms with Crippen LogP contribution in [-0.2, 0) is 23.2 Å². The molecule has 8 heteroatoms. The second-order valence-electron chi connectivity index (χ2n) is 8.02. The van der Waals surface area contributed by atoms with Crippen LogP contribution < -0.4 is 5.73 Å². The predicted octanol–water partition coefficient (Wildman–Crippen LogP) is 3.45. The molecule has 0 unspecified atom stereocenters. The van der Waals surface area contributed by atoms with Gasteiger partial charge in [0.2, 0.25) is 0 Å². The van der Waals surface area contributed by atoms with Crippen LogP contribution in [0.3, 0.4) is 0 Å². The number of nitrogen functional groups attached to an aromatic ring is 1. The van der Waals surface area contributed by atoms with Gasteiger partial charge < -0.3 is 15.4 Å². The van der Waals surface area contributed by atoms with Crippen LogP contribution in [0.5, 0.6) is 0 Å². The first kappa shape index (κ1) is 20.1. The summed E-state index contributed by atoms with van der Waals surface area (Å²) >= 11 is 1.78. The Hall–Kier alpha value is -2.84. The molecular weight excluding hydrogens is 410 g/mol. The van der Waals surface area contributed by atoms with Crippen molar-refractivity contribution < 1.29 is 9.53 Å². The molecule has 2 N–H and O–H groups in total. The van der Waals surface area contributed by atoms with Gasteiger partial charge in [0.1, 0.15) is 11.6 Å². The minimum Gasteiger partial charge on any atom is -0.384 e. The first-order valence-corrected chi connectivity index (χ1v) is 11.5. The summed E-state index contributed by atoms with van der Waals surface area (Å²) < 4.78 is 6.37. The molecule has 0 aromatic carbocycles. The molecule has 1 saturated heterocycles. The predicted molar refractivity (Wildman–Crippen MR) is 120 cm³/mol. The molecule has 2 aliphatic rings. The van der Waals surface area contributed by atoms with Crippen molar-refractivity contribution in [3.05, 3.63) is 58.5 Å². The molecule has 1 spiro atoms. The molecular formula is C23H25N5O2S. The molecule has 0 radical (unpaired) electrons. The Morgan fingerprint density at radius 2 is 2.03 bits per heavy atom. The van der Waals surface area contributed by atoms with Gasteiger partial charge in [0.25, 0.3) is 5.91 Å². The van der Waals surface area contributed by atoms with Crippen molar-refractivity contribution in [3.8, 4) is 10.6 Å². The van der Waals surface area contributed by atoms with E-state index in [0.717, 1.165) is 42.1 Å². The minimum absolute atomic E-state index is 0.0106. The number of likely N-dealkylation sites (tertiary alicyclic amines) is 1. The Bertz CT molecular complexity index is 1100. The normalized spacial score (nSPS) is 17.5. The molecule has 160 valence electrons. The van der Waals surface area contributed by atoms with Gasteiger partial charge in [-0.2, -0.15) is 0 Å². The number of pyridine rings is 1. The maximum absolute atomic E-state index is 12.9. The Kier molecular flexibility index (Phi) is 5.19. The highest BCUT2D eigenvalue weighted by Gasteiger charge is 2.43. The number of nitrogens with two attached hydrogens (primary N) is 1. The maximum Gasteiger partial charge on any atom is 0.256 e. The van der Waals surface area contributed by atoms with Crippen LogP contribution in [0, 0.1) is 0 Å². The number of carbonyl (C=O) groups is 1. The number of thiophene rings is 1. The van der Waals surface area contributed by atoms with Gasteiger partial charge in [0.15, 0.2) is 0 Å². The monoisotopic (exact) mass is 435 g/mol. The molecule has 1 amide bonds. The second-order valence-corrected chi connectivity index (χ2v) is 9.16. The zero-order chi connectivity index (χ0) is 21.4. The highest BCUT2D eigenvalue weighted by atomic mass is 32.1. The van der Waals surface area contributed by atoms with Crippen LogP contribution >= 0.6 is 11.3 Å². The summed E-state index contributed by atoms with van der Waals surface area (Å²) in [5.41, 5.74) is 8.25. The van der Waals surface area contributed by atoms with Crippen molar-refractivity contribution in [2.75, 3.05) is 25.4 Å². The largest absolute Gasteiger partial charge is 0.384 e. The summed E-state index contributed by atoms with van der Waals surface area (Å²) in [5.74, 6) is 1.27. The van der Waals surface area contributed by atoms with E-state index in [0.29, 0.717) is 31.1 Å². The highest BCUT2D eigenvalue weighted by Crippen LogP contribution is 2.46. The van der Waals surface area contributed by atoms with Gasteiger partial charge in [0, 0.05) is 43.2 Å². The van der Waals surface area contributed by atoms with Crippen LogP contribution in [0.4, 0.5) is 5.82 Å². The van der Waals surface area contributed by atoms with E-state index < -0.39 is 0 Å². The topological polar surface area (TPSA) is 94.2 Å². The fourth-order valence-electron chi connectivity index (χ4n) is 4.45. The van der Waals surface area contributed by atoms with E-state index in [1.165, 1.54) is 10.4 Å². The number of fused-ring (bicyclic) bond motifs is 2. The Morgan fingerprint density at radius 3 is 2.74 bits per heavy atom. The van der Waals surface area contributed by atoms with E-state index in [-0.39, 0.29) is 11.5 Å².